The molecule has 3 aromatic carbocycles. The van der Waals surface area contributed by atoms with Gasteiger partial charge in [0.05, 0.1) is 12.2 Å². The maximum atomic E-state index is 13.0. The molecule has 1 aliphatic rings. The van der Waals surface area contributed by atoms with E-state index in [1.54, 1.807) is 36.4 Å². The van der Waals surface area contributed by atoms with Crippen LogP contribution in [0, 0.1) is 0 Å². The quantitative estimate of drug-likeness (QED) is 0.430. The molecule has 33 heavy (non-hydrogen) atoms. The van der Waals surface area contributed by atoms with Crippen molar-refractivity contribution < 1.29 is 14.3 Å². The van der Waals surface area contributed by atoms with Crippen LogP contribution >= 0.6 is 15.9 Å². The Balaban J connectivity index is 1.40. The first-order valence-electron chi connectivity index (χ1n) is 11.3. The molecule has 1 fully saturated rings. The number of halogens is 1. The SMILES string of the molecule is O=C(Nc1ccc(C(=O)N2CCCCC2)cc1)c1cc(Br)ccc1OCCc1ccccc1. The van der Waals surface area contributed by atoms with Crippen molar-refractivity contribution in [3.63, 3.8) is 0 Å². The van der Waals surface area contributed by atoms with Crippen LogP contribution in [0.15, 0.2) is 77.3 Å². The highest BCUT2D eigenvalue weighted by molar-refractivity contribution is 9.10. The van der Waals surface area contributed by atoms with E-state index in [9.17, 15) is 9.59 Å². The van der Waals surface area contributed by atoms with Crippen molar-refractivity contribution in [2.24, 2.45) is 0 Å². The van der Waals surface area contributed by atoms with Crippen molar-refractivity contribution in [3.8, 4) is 5.75 Å². The number of benzene rings is 3. The Morgan fingerprint density at radius 1 is 0.909 bits per heavy atom. The molecule has 0 aliphatic carbocycles. The standard InChI is InChI=1S/C27H27BrN2O3/c28-22-11-14-25(33-18-15-20-7-3-1-4-8-20)24(19-22)26(31)29-23-12-9-21(10-13-23)27(32)30-16-5-2-6-17-30/h1,3-4,7-14,19H,2,5-6,15-18H2,(H,29,31). The van der Waals surface area contributed by atoms with Crippen LogP contribution in [0.25, 0.3) is 0 Å². The number of ether oxygens (including phenoxy) is 1. The van der Waals surface area contributed by atoms with Crippen molar-refractivity contribution >= 4 is 33.4 Å². The van der Waals surface area contributed by atoms with Gasteiger partial charge in [-0.3, -0.25) is 9.59 Å². The number of likely N-dealkylation sites (tertiary alicyclic amines) is 1. The Labute approximate surface area is 202 Å². The molecule has 170 valence electrons. The van der Waals surface area contributed by atoms with E-state index >= 15 is 0 Å². The van der Waals surface area contributed by atoms with Crippen molar-refractivity contribution in [2.45, 2.75) is 25.7 Å². The summed E-state index contributed by atoms with van der Waals surface area (Å²) in [6, 6.07) is 22.6. The Morgan fingerprint density at radius 2 is 1.64 bits per heavy atom. The third kappa shape index (κ3) is 6.23. The van der Waals surface area contributed by atoms with E-state index in [-0.39, 0.29) is 11.8 Å². The fraction of sp³-hybridized carbons (Fsp3) is 0.259. The van der Waals surface area contributed by atoms with E-state index in [1.807, 2.05) is 29.2 Å². The summed E-state index contributed by atoms with van der Waals surface area (Å²) in [4.78, 5) is 27.6. The molecule has 0 aromatic heterocycles. The minimum atomic E-state index is -0.263. The molecule has 1 heterocycles. The van der Waals surface area contributed by atoms with Crippen molar-refractivity contribution in [1.82, 2.24) is 4.90 Å². The third-order valence-electron chi connectivity index (χ3n) is 5.71. The fourth-order valence-electron chi connectivity index (χ4n) is 3.90. The van der Waals surface area contributed by atoms with E-state index < -0.39 is 0 Å². The molecule has 3 aromatic rings. The van der Waals surface area contributed by atoms with Gasteiger partial charge < -0.3 is 15.0 Å². The summed E-state index contributed by atoms with van der Waals surface area (Å²) in [6.07, 6.45) is 4.05. The lowest BCUT2D eigenvalue weighted by Crippen LogP contribution is -2.35. The zero-order valence-corrected chi connectivity index (χ0v) is 20.0. The van der Waals surface area contributed by atoms with Gasteiger partial charge in [0.1, 0.15) is 5.75 Å². The first-order chi connectivity index (χ1) is 16.1. The van der Waals surface area contributed by atoms with Gasteiger partial charge in [-0.2, -0.15) is 0 Å². The molecule has 2 amide bonds. The van der Waals surface area contributed by atoms with Crippen LogP contribution in [0.3, 0.4) is 0 Å². The Morgan fingerprint density at radius 3 is 2.36 bits per heavy atom. The lowest BCUT2D eigenvalue weighted by molar-refractivity contribution is 0.0724. The summed E-state index contributed by atoms with van der Waals surface area (Å²) < 4.78 is 6.74. The zero-order valence-electron chi connectivity index (χ0n) is 18.4. The molecular weight excluding hydrogens is 480 g/mol. The lowest BCUT2D eigenvalue weighted by Gasteiger charge is -2.26. The van der Waals surface area contributed by atoms with E-state index in [2.05, 4.69) is 33.4 Å². The van der Waals surface area contributed by atoms with Gasteiger partial charge in [-0.05, 0) is 67.3 Å². The number of hydrogen-bond donors (Lipinski definition) is 1. The molecule has 0 spiro atoms. The van der Waals surface area contributed by atoms with Crippen LogP contribution in [0.1, 0.15) is 45.5 Å². The minimum absolute atomic E-state index is 0.0497. The first-order valence-corrected chi connectivity index (χ1v) is 12.1. The average molecular weight is 507 g/mol. The number of rotatable bonds is 7. The molecule has 5 nitrogen and oxygen atoms in total. The minimum Gasteiger partial charge on any atom is -0.492 e. The molecule has 0 saturated carbocycles. The number of carbonyl (C=O) groups excluding carboxylic acids is 2. The molecule has 1 saturated heterocycles. The van der Waals surface area contributed by atoms with Gasteiger partial charge >= 0.3 is 0 Å². The second-order valence-electron chi connectivity index (χ2n) is 8.11. The fourth-order valence-corrected chi connectivity index (χ4v) is 4.26. The smallest absolute Gasteiger partial charge is 0.259 e. The number of piperidine rings is 1. The number of carbonyl (C=O) groups is 2. The monoisotopic (exact) mass is 506 g/mol. The summed E-state index contributed by atoms with van der Waals surface area (Å²) in [5.41, 5.74) is 2.90. The van der Waals surface area contributed by atoms with Crippen LogP contribution in [0.5, 0.6) is 5.75 Å². The lowest BCUT2D eigenvalue weighted by atomic mass is 10.1. The Bertz CT molecular complexity index is 1090. The van der Waals surface area contributed by atoms with Crippen LogP contribution in [-0.4, -0.2) is 36.4 Å². The van der Waals surface area contributed by atoms with Gasteiger partial charge in [0.15, 0.2) is 0 Å². The highest BCUT2D eigenvalue weighted by Gasteiger charge is 2.18. The van der Waals surface area contributed by atoms with Gasteiger partial charge in [0, 0.05) is 35.2 Å². The maximum absolute atomic E-state index is 13.0. The van der Waals surface area contributed by atoms with Crippen LogP contribution in [0.4, 0.5) is 5.69 Å². The molecule has 0 radical (unpaired) electrons. The van der Waals surface area contributed by atoms with E-state index in [4.69, 9.17) is 4.74 Å². The predicted octanol–water partition coefficient (Wildman–Crippen LogP) is 5.95. The maximum Gasteiger partial charge on any atom is 0.259 e. The van der Waals surface area contributed by atoms with Gasteiger partial charge in [0.25, 0.3) is 11.8 Å². The van der Waals surface area contributed by atoms with Crippen molar-refractivity contribution in [3.05, 3.63) is 94.0 Å². The zero-order chi connectivity index (χ0) is 23.0. The molecule has 6 heteroatoms. The first kappa shape index (κ1) is 23.1. The molecule has 0 bridgehead atoms. The normalized spacial score (nSPS) is 13.4. The summed E-state index contributed by atoms with van der Waals surface area (Å²) in [5, 5.41) is 2.91. The Kier molecular flexibility index (Phi) is 7.79. The molecule has 0 unspecified atom stereocenters. The van der Waals surface area contributed by atoms with Gasteiger partial charge in [-0.1, -0.05) is 46.3 Å². The van der Waals surface area contributed by atoms with E-state index in [0.717, 1.165) is 36.8 Å². The van der Waals surface area contributed by atoms with Crippen LogP contribution in [-0.2, 0) is 6.42 Å². The molecule has 1 N–H and O–H groups in total. The summed E-state index contributed by atoms with van der Waals surface area (Å²) in [5.74, 6) is 0.318. The second kappa shape index (κ2) is 11.1. The van der Waals surface area contributed by atoms with Crippen LogP contribution in [0.2, 0.25) is 0 Å². The highest BCUT2D eigenvalue weighted by Crippen LogP contribution is 2.25. The molecule has 1 aliphatic heterocycles. The van der Waals surface area contributed by atoms with Gasteiger partial charge in [-0.15, -0.1) is 0 Å². The number of hydrogen-bond acceptors (Lipinski definition) is 3. The second-order valence-corrected chi connectivity index (χ2v) is 9.02. The largest absolute Gasteiger partial charge is 0.492 e. The molecule has 4 rings (SSSR count). The molecular formula is C27H27BrN2O3. The van der Waals surface area contributed by atoms with E-state index in [1.165, 1.54) is 12.0 Å². The number of nitrogens with one attached hydrogen (secondary N) is 1. The number of anilines is 1. The predicted molar refractivity (Wildman–Crippen MR) is 134 cm³/mol. The van der Waals surface area contributed by atoms with Crippen molar-refractivity contribution in [2.75, 3.05) is 25.0 Å². The highest BCUT2D eigenvalue weighted by atomic mass is 79.9. The summed E-state index contributed by atoms with van der Waals surface area (Å²) >= 11 is 3.44. The summed E-state index contributed by atoms with van der Waals surface area (Å²) in [6.45, 7) is 2.10. The van der Waals surface area contributed by atoms with Crippen LogP contribution < -0.4 is 10.1 Å². The van der Waals surface area contributed by atoms with Gasteiger partial charge in [0.2, 0.25) is 0 Å². The number of amides is 2. The third-order valence-corrected chi connectivity index (χ3v) is 6.20. The average Bonchev–Trinajstić information content (AvgIpc) is 2.86. The molecule has 0 atom stereocenters. The van der Waals surface area contributed by atoms with E-state index in [0.29, 0.717) is 29.2 Å². The Hall–Kier alpha value is -3.12. The number of nitrogens with zero attached hydrogens (tertiary/aromatic N) is 1. The topological polar surface area (TPSA) is 58.6 Å². The van der Waals surface area contributed by atoms with Crippen molar-refractivity contribution in [1.29, 1.82) is 0 Å². The summed E-state index contributed by atoms with van der Waals surface area (Å²) in [7, 11) is 0. The van der Waals surface area contributed by atoms with Gasteiger partial charge in [-0.25, -0.2) is 0 Å².